The van der Waals surface area contributed by atoms with E-state index < -0.39 is 0 Å². The van der Waals surface area contributed by atoms with Crippen molar-refractivity contribution in [2.75, 3.05) is 6.54 Å². The van der Waals surface area contributed by atoms with Crippen molar-refractivity contribution >= 4 is 11.6 Å². The van der Waals surface area contributed by atoms with Gasteiger partial charge in [-0.05, 0) is 25.5 Å². The summed E-state index contributed by atoms with van der Waals surface area (Å²) in [7, 11) is 0. The number of nitrogens with zero attached hydrogens (tertiary/aromatic N) is 2. The molecule has 1 unspecified atom stereocenters. The monoisotopic (exact) mass is 309 g/mol. The number of rotatable bonds is 7. The lowest BCUT2D eigenvalue weighted by atomic mass is 10.0. The molecule has 0 aliphatic heterocycles. The minimum absolute atomic E-state index is 0.230. The zero-order valence-corrected chi connectivity index (χ0v) is 13.2. The lowest BCUT2D eigenvalue weighted by Crippen LogP contribution is -2.27. The van der Waals surface area contributed by atoms with Crippen molar-refractivity contribution in [2.45, 2.75) is 39.3 Å². The predicted molar refractivity (Wildman–Crippen MR) is 84.1 cm³/mol. The van der Waals surface area contributed by atoms with E-state index >= 15 is 0 Å². The Morgan fingerprint density at radius 2 is 2.05 bits per heavy atom. The molecule has 1 N–H and O–H groups in total. The van der Waals surface area contributed by atoms with Crippen LogP contribution < -0.4 is 5.32 Å². The van der Waals surface area contributed by atoms with Gasteiger partial charge in [-0.15, -0.1) is 0 Å². The average Bonchev–Trinajstić information content (AvgIpc) is 2.83. The number of halogens is 2. The van der Waals surface area contributed by atoms with Crippen molar-refractivity contribution in [3.63, 3.8) is 0 Å². The Labute approximate surface area is 130 Å². The molecule has 0 saturated carbocycles. The first-order valence-corrected chi connectivity index (χ1v) is 7.75. The van der Waals surface area contributed by atoms with Crippen LogP contribution in [0.1, 0.15) is 44.0 Å². The molecule has 0 aliphatic carbocycles. The van der Waals surface area contributed by atoms with Crippen molar-refractivity contribution in [1.29, 1.82) is 0 Å². The Morgan fingerprint density at radius 1 is 1.29 bits per heavy atom. The van der Waals surface area contributed by atoms with Crippen molar-refractivity contribution in [3.05, 3.63) is 52.6 Å². The molecule has 1 atom stereocenters. The zero-order valence-electron chi connectivity index (χ0n) is 12.4. The van der Waals surface area contributed by atoms with E-state index in [2.05, 4.69) is 24.3 Å². The number of nitrogens with one attached hydrogen (secondary N) is 1. The largest absolute Gasteiger partial charge is 0.305 e. The third kappa shape index (κ3) is 3.63. The lowest BCUT2D eigenvalue weighted by molar-refractivity contribution is 0.494. The summed E-state index contributed by atoms with van der Waals surface area (Å²) < 4.78 is 16.1. The molecule has 5 heteroatoms. The molecule has 0 amide bonds. The topological polar surface area (TPSA) is 29.9 Å². The van der Waals surface area contributed by atoms with Gasteiger partial charge in [-0.1, -0.05) is 43.6 Å². The van der Waals surface area contributed by atoms with E-state index in [9.17, 15) is 4.39 Å². The van der Waals surface area contributed by atoms with Crippen LogP contribution in [0.25, 0.3) is 0 Å². The molecule has 114 valence electrons. The molecule has 1 aromatic heterocycles. The maximum Gasteiger partial charge on any atom is 0.128 e. The van der Waals surface area contributed by atoms with Gasteiger partial charge in [0.15, 0.2) is 0 Å². The fourth-order valence-corrected chi connectivity index (χ4v) is 2.65. The molecule has 1 aromatic carbocycles. The first-order chi connectivity index (χ1) is 10.2. The van der Waals surface area contributed by atoms with Crippen LogP contribution >= 0.6 is 11.6 Å². The van der Waals surface area contributed by atoms with E-state index in [1.165, 1.54) is 6.07 Å². The van der Waals surface area contributed by atoms with Crippen molar-refractivity contribution in [1.82, 2.24) is 15.1 Å². The highest BCUT2D eigenvalue weighted by Gasteiger charge is 2.23. The first-order valence-electron chi connectivity index (χ1n) is 7.38. The smallest absolute Gasteiger partial charge is 0.128 e. The SMILES string of the molecule is CCCNC(c1ccccc1F)c1c(Cl)cnn1CCC. The Hall–Kier alpha value is -1.39. The van der Waals surface area contributed by atoms with E-state index in [1.54, 1.807) is 18.3 Å². The third-order valence-electron chi connectivity index (χ3n) is 3.36. The highest BCUT2D eigenvalue weighted by atomic mass is 35.5. The molecule has 3 nitrogen and oxygen atoms in total. The van der Waals surface area contributed by atoms with Gasteiger partial charge in [0.1, 0.15) is 5.82 Å². The fourth-order valence-electron chi connectivity index (χ4n) is 2.40. The van der Waals surface area contributed by atoms with Crippen LogP contribution in [0.3, 0.4) is 0 Å². The van der Waals surface area contributed by atoms with Gasteiger partial charge in [0.25, 0.3) is 0 Å². The van der Waals surface area contributed by atoms with E-state index in [-0.39, 0.29) is 11.9 Å². The van der Waals surface area contributed by atoms with Crippen LogP contribution in [0.5, 0.6) is 0 Å². The number of aromatic nitrogens is 2. The standard InChI is InChI=1S/C16H21ClFN3/c1-3-9-19-15(12-7-5-6-8-14(12)18)16-13(17)11-20-21(16)10-4-2/h5-8,11,15,19H,3-4,9-10H2,1-2H3. The number of aryl methyl sites for hydroxylation is 1. The molecule has 2 rings (SSSR count). The molecule has 21 heavy (non-hydrogen) atoms. The minimum atomic E-state index is -0.285. The molecule has 0 fully saturated rings. The molecule has 1 heterocycles. The summed E-state index contributed by atoms with van der Waals surface area (Å²) in [5, 5.41) is 8.26. The maximum absolute atomic E-state index is 14.2. The van der Waals surface area contributed by atoms with Gasteiger partial charge in [-0.2, -0.15) is 5.10 Å². The predicted octanol–water partition coefficient (Wildman–Crippen LogP) is 4.17. The Morgan fingerprint density at radius 3 is 2.71 bits per heavy atom. The van der Waals surface area contributed by atoms with Gasteiger partial charge in [0.05, 0.1) is 23.0 Å². The highest BCUT2D eigenvalue weighted by molar-refractivity contribution is 6.31. The fraction of sp³-hybridized carbons (Fsp3) is 0.438. The Bertz CT molecular complexity index is 583. The molecule has 0 aliphatic rings. The summed E-state index contributed by atoms with van der Waals surface area (Å²) in [5.41, 5.74) is 1.43. The van der Waals surface area contributed by atoms with Crippen LogP contribution in [0.4, 0.5) is 4.39 Å². The van der Waals surface area contributed by atoms with E-state index in [4.69, 9.17) is 11.6 Å². The Kier molecular flexibility index (Phi) is 5.76. The van der Waals surface area contributed by atoms with Crippen LogP contribution in [0, 0.1) is 5.82 Å². The van der Waals surface area contributed by atoms with Crippen molar-refractivity contribution in [3.8, 4) is 0 Å². The van der Waals surface area contributed by atoms with Gasteiger partial charge in [-0.25, -0.2) is 4.39 Å². The van der Waals surface area contributed by atoms with Gasteiger partial charge < -0.3 is 5.32 Å². The number of hydrogen-bond donors (Lipinski definition) is 1. The second-order valence-corrected chi connectivity index (χ2v) is 5.42. The van der Waals surface area contributed by atoms with Crippen LogP contribution in [-0.2, 0) is 6.54 Å². The maximum atomic E-state index is 14.2. The van der Waals surface area contributed by atoms with Crippen LogP contribution in [-0.4, -0.2) is 16.3 Å². The van der Waals surface area contributed by atoms with Crippen LogP contribution in [0.2, 0.25) is 5.02 Å². The second-order valence-electron chi connectivity index (χ2n) is 5.01. The summed E-state index contributed by atoms with van der Waals surface area (Å²) in [6.45, 7) is 5.71. The summed E-state index contributed by atoms with van der Waals surface area (Å²) in [4.78, 5) is 0. The molecular weight excluding hydrogens is 289 g/mol. The summed E-state index contributed by atoms with van der Waals surface area (Å²) in [5.74, 6) is -0.230. The minimum Gasteiger partial charge on any atom is -0.305 e. The zero-order chi connectivity index (χ0) is 15.2. The first kappa shape index (κ1) is 16.0. The number of hydrogen-bond acceptors (Lipinski definition) is 2. The van der Waals surface area contributed by atoms with E-state index in [0.717, 1.165) is 31.6 Å². The Balaban J connectivity index is 2.45. The molecule has 0 saturated heterocycles. The van der Waals surface area contributed by atoms with Gasteiger partial charge >= 0.3 is 0 Å². The highest BCUT2D eigenvalue weighted by Crippen LogP contribution is 2.30. The molecular formula is C16H21ClFN3. The molecule has 0 spiro atoms. The van der Waals surface area contributed by atoms with Gasteiger partial charge in [-0.3, -0.25) is 4.68 Å². The van der Waals surface area contributed by atoms with Crippen molar-refractivity contribution in [2.24, 2.45) is 0 Å². The molecule has 0 radical (unpaired) electrons. The third-order valence-corrected chi connectivity index (χ3v) is 3.65. The van der Waals surface area contributed by atoms with E-state index in [0.29, 0.717) is 10.6 Å². The number of benzene rings is 1. The summed E-state index contributed by atoms with van der Waals surface area (Å²) >= 11 is 6.31. The summed E-state index contributed by atoms with van der Waals surface area (Å²) in [6.07, 6.45) is 3.54. The molecule has 2 aromatic rings. The lowest BCUT2D eigenvalue weighted by Gasteiger charge is -2.21. The van der Waals surface area contributed by atoms with E-state index in [1.807, 2.05) is 10.7 Å². The second kappa shape index (κ2) is 7.57. The van der Waals surface area contributed by atoms with Crippen LogP contribution in [0.15, 0.2) is 30.5 Å². The summed E-state index contributed by atoms with van der Waals surface area (Å²) in [6, 6.07) is 6.52. The molecule has 0 bridgehead atoms. The normalized spacial score (nSPS) is 12.6. The quantitative estimate of drug-likeness (QED) is 0.831. The van der Waals surface area contributed by atoms with Gasteiger partial charge in [0, 0.05) is 12.1 Å². The van der Waals surface area contributed by atoms with Gasteiger partial charge in [0.2, 0.25) is 0 Å². The average molecular weight is 310 g/mol. The van der Waals surface area contributed by atoms with Crippen molar-refractivity contribution < 1.29 is 4.39 Å².